The summed E-state index contributed by atoms with van der Waals surface area (Å²) in [5.41, 5.74) is 3.20. The van der Waals surface area contributed by atoms with E-state index in [1.165, 1.54) is 0 Å². The standard InChI is InChI=1S/C29H42N4O6/c1-5-34-26(35-6-2)12-15-37-25-17-22(31-3)21-16-24(25)36-14-9-7-8-13-33(4)18-20-10-11-23-28(39-19-38-23)27(20)32-29(21)30/h10-11,16-17,26,31H,5-9,12-15,18-19H2,1-4H3,(H2,30,32). The topological polar surface area (TPSA) is 107 Å². The molecule has 214 valence electrons. The molecule has 2 aromatic carbocycles. The van der Waals surface area contributed by atoms with Gasteiger partial charge in [-0.2, -0.15) is 0 Å². The molecule has 4 rings (SSSR count). The van der Waals surface area contributed by atoms with Gasteiger partial charge in [0.25, 0.3) is 0 Å². The molecule has 10 heteroatoms. The van der Waals surface area contributed by atoms with Crippen molar-refractivity contribution >= 4 is 17.2 Å². The first kappa shape index (κ1) is 28.8. The molecule has 2 heterocycles. The van der Waals surface area contributed by atoms with Crippen LogP contribution in [0.15, 0.2) is 24.3 Å². The number of rotatable bonds is 9. The first-order valence-electron chi connectivity index (χ1n) is 13.8. The van der Waals surface area contributed by atoms with E-state index >= 15 is 0 Å². The maximum absolute atomic E-state index is 9.05. The Hall–Kier alpha value is -3.21. The van der Waals surface area contributed by atoms with Crippen molar-refractivity contribution in [2.45, 2.75) is 52.4 Å². The Morgan fingerprint density at radius 3 is 2.64 bits per heavy atom. The monoisotopic (exact) mass is 542 g/mol. The highest BCUT2D eigenvalue weighted by atomic mass is 16.7. The third-order valence-corrected chi connectivity index (χ3v) is 6.70. The second-order valence-electron chi connectivity index (χ2n) is 9.55. The first-order valence-corrected chi connectivity index (χ1v) is 13.8. The summed E-state index contributed by atoms with van der Waals surface area (Å²) in [6.07, 6.45) is 3.32. The van der Waals surface area contributed by atoms with E-state index in [0.29, 0.717) is 61.4 Å². The van der Waals surface area contributed by atoms with E-state index in [2.05, 4.69) is 22.6 Å². The number of fused-ring (bicyclic) bond motifs is 5. The van der Waals surface area contributed by atoms with Crippen LogP contribution in [-0.4, -0.2) is 70.9 Å². The molecule has 0 aliphatic carbocycles. The second kappa shape index (κ2) is 14.3. The lowest BCUT2D eigenvalue weighted by molar-refractivity contribution is -0.142. The quantitative estimate of drug-likeness (QED) is 0.375. The molecule has 10 nitrogen and oxygen atoms in total. The van der Waals surface area contributed by atoms with Gasteiger partial charge in [0.05, 0.1) is 18.9 Å². The van der Waals surface area contributed by atoms with Crippen LogP contribution in [-0.2, 0) is 16.0 Å². The smallest absolute Gasteiger partial charge is 0.231 e. The summed E-state index contributed by atoms with van der Waals surface area (Å²) in [4.78, 5) is 2.29. The molecule has 0 spiro atoms. The highest BCUT2D eigenvalue weighted by Gasteiger charge is 2.24. The predicted octanol–water partition coefficient (Wildman–Crippen LogP) is 5.06. The lowest BCUT2D eigenvalue weighted by atomic mass is 10.1. The zero-order valence-corrected chi connectivity index (χ0v) is 23.6. The number of nitrogens with one attached hydrogen (secondary N) is 3. The summed E-state index contributed by atoms with van der Waals surface area (Å²) in [6, 6.07) is 7.73. The SMILES string of the molecule is CCOC(CCOc1cc(NC)c2cc1OCCCCCN(C)Cc1ccc3c(c1NC2=N)OCO3)OCC. The Morgan fingerprint density at radius 2 is 1.87 bits per heavy atom. The fraction of sp³-hybridized carbons (Fsp3) is 0.552. The molecule has 0 saturated heterocycles. The van der Waals surface area contributed by atoms with Crippen molar-refractivity contribution in [2.75, 3.05) is 64.5 Å². The Bertz CT molecular complexity index is 1110. The number of anilines is 2. The van der Waals surface area contributed by atoms with Gasteiger partial charge < -0.3 is 44.0 Å². The molecule has 0 radical (unpaired) electrons. The highest BCUT2D eigenvalue weighted by molar-refractivity contribution is 6.11. The molecule has 2 aliphatic rings. The van der Waals surface area contributed by atoms with Crippen molar-refractivity contribution in [3.8, 4) is 23.0 Å². The zero-order chi connectivity index (χ0) is 27.6. The van der Waals surface area contributed by atoms with E-state index in [4.69, 9.17) is 33.8 Å². The first-order chi connectivity index (χ1) is 19.0. The number of ether oxygens (including phenoxy) is 6. The summed E-state index contributed by atoms with van der Waals surface area (Å²) >= 11 is 0. The Labute approximate surface area is 231 Å². The van der Waals surface area contributed by atoms with Crippen molar-refractivity contribution in [3.05, 3.63) is 35.4 Å². The van der Waals surface area contributed by atoms with Gasteiger partial charge in [-0.3, -0.25) is 5.41 Å². The van der Waals surface area contributed by atoms with Gasteiger partial charge in [-0.1, -0.05) is 6.07 Å². The lowest BCUT2D eigenvalue weighted by Crippen LogP contribution is -2.21. The largest absolute Gasteiger partial charge is 0.490 e. The van der Waals surface area contributed by atoms with Gasteiger partial charge in [-0.05, 0) is 64.4 Å². The Balaban J connectivity index is 1.63. The number of hydrogen-bond acceptors (Lipinski definition) is 9. The molecule has 2 aliphatic heterocycles. The predicted molar refractivity (Wildman–Crippen MR) is 152 cm³/mol. The van der Waals surface area contributed by atoms with E-state index in [9.17, 15) is 0 Å². The van der Waals surface area contributed by atoms with Crippen molar-refractivity contribution in [1.29, 1.82) is 5.41 Å². The molecule has 0 unspecified atom stereocenters. The Morgan fingerprint density at radius 1 is 1.05 bits per heavy atom. The van der Waals surface area contributed by atoms with Crippen LogP contribution in [0.2, 0.25) is 0 Å². The Kier molecular flexibility index (Phi) is 10.5. The summed E-state index contributed by atoms with van der Waals surface area (Å²) in [5.74, 6) is 2.74. The van der Waals surface area contributed by atoms with Crippen LogP contribution in [0, 0.1) is 5.41 Å². The number of benzene rings is 2. The average molecular weight is 543 g/mol. The minimum absolute atomic E-state index is 0.163. The normalized spacial score (nSPS) is 16.1. The van der Waals surface area contributed by atoms with Gasteiger partial charge >= 0.3 is 0 Å². The van der Waals surface area contributed by atoms with Gasteiger partial charge in [0, 0.05) is 50.5 Å². The van der Waals surface area contributed by atoms with Gasteiger partial charge in [-0.15, -0.1) is 0 Å². The summed E-state index contributed by atoms with van der Waals surface area (Å²) in [7, 11) is 3.94. The minimum atomic E-state index is -0.314. The molecule has 0 fully saturated rings. The van der Waals surface area contributed by atoms with E-state index in [-0.39, 0.29) is 18.9 Å². The molecular weight excluding hydrogens is 500 g/mol. The van der Waals surface area contributed by atoms with Crippen LogP contribution in [0.5, 0.6) is 23.0 Å². The minimum Gasteiger partial charge on any atom is -0.490 e. The van der Waals surface area contributed by atoms with Gasteiger partial charge in [-0.25, -0.2) is 0 Å². The highest BCUT2D eigenvalue weighted by Crippen LogP contribution is 2.43. The molecule has 0 aromatic heterocycles. The van der Waals surface area contributed by atoms with Crippen molar-refractivity contribution in [1.82, 2.24) is 4.90 Å². The van der Waals surface area contributed by atoms with E-state index in [1.807, 2.05) is 45.2 Å². The van der Waals surface area contributed by atoms with Crippen LogP contribution < -0.4 is 29.6 Å². The average Bonchev–Trinajstić information content (AvgIpc) is 3.41. The summed E-state index contributed by atoms with van der Waals surface area (Å²) < 4.78 is 35.2. The molecule has 0 atom stereocenters. The van der Waals surface area contributed by atoms with Gasteiger partial charge in [0.1, 0.15) is 5.84 Å². The summed E-state index contributed by atoms with van der Waals surface area (Å²) in [6.45, 7) is 7.87. The van der Waals surface area contributed by atoms with Crippen LogP contribution in [0.25, 0.3) is 0 Å². The molecule has 0 amide bonds. The maximum atomic E-state index is 9.05. The third kappa shape index (κ3) is 7.46. The molecule has 2 bridgehead atoms. The van der Waals surface area contributed by atoms with Crippen LogP contribution in [0.1, 0.15) is 50.7 Å². The van der Waals surface area contributed by atoms with Crippen molar-refractivity contribution < 1.29 is 28.4 Å². The van der Waals surface area contributed by atoms with Crippen molar-refractivity contribution in [3.63, 3.8) is 0 Å². The summed E-state index contributed by atoms with van der Waals surface area (Å²) in [5, 5.41) is 15.6. The van der Waals surface area contributed by atoms with E-state index in [0.717, 1.165) is 49.3 Å². The number of amidine groups is 1. The number of hydrogen-bond donors (Lipinski definition) is 3. The molecule has 2 aromatic rings. The van der Waals surface area contributed by atoms with E-state index < -0.39 is 0 Å². The fourth-order valence-electron chi connectivity index (χ4n) is 4.74. The fourth-order valence-corrected chi connectivity index (χ4v) is 4.74. The van der Waals surface area contributed by atoms with Gasteiger partial charge in [0.2, 0.25) is 6.79 Å². The van der Waals surface area contributed by atoms with Crippen molar-refractivity contribution in [2.24, 2.45) is 0 Å². The van der Waals surface area contributed by atoms with Crippen LogP contribution >= 0.6 is 0 Å². The molecule has 3 N–H and O–H groups in total. The molecular formula is C29H42N4O6. The number of nitrogens with zero attached hydrogens (tertiary/aromatic N) is 1. The van der Waals surface area contributed by atoms with Crippen LogP contribution in [0.4, 0.5) is 11.4 Å². The van der Waals surface area contributed by atoms with Crippen LogP contribution in [0.3, 0.4) is 0 Å². The van der Waals surface area contributed by atoms with Gasteiger partial charge in [0.15, 0.2) is 29.3 Å². The second-order valence-corrected chi connectivity index (χ2v) is 9.55. The lowest BCUT2D eigenvalue weighted by Gasteiger charge is -2.22. The maximum Gasteiger partial charge on any atom is 0.231 e. The van der Waals surface area contributed by atoms with E-state index in [1.54, 1.807) is 0 Å². The molecule has 39 heavy (non-hydrogen) atoms. The molecule has 0 saturated carbocycles. The third-order valence-electron chi connectivity index (χ3n) is 6.70. The zero-order valence-electron chi connectivity index (χ0n) is 23.6.